The lowest BCUT2D eigenvalue weighted by atomic mass is 9.90. The summed E-state index contributed by atoms with van der Waals surface area (Å²) in [5.41, 5.74) is 5.54. The van der Waals surface area contributed by atoms with Crippen molar-refractivity contribution < 1.29 is 8.42 Å². The van der Waals surface area contributed by atoms with Gasteiger partial charge in [0.1, 0.15) is 0 Å². The molecule has 2 fully saturated rings. The Bertz CT molecular complexity index is 311. The third-order valence-electron chi connectivity index (χ3n) is 3.49. The van der Waals surface area contributed by atoms with Crippen LogP contribution >= 0.6 is 0 Å². The molecule has 0 saturated carbocycles. The fraction of sp³-hybridized carbons (Fsp3) is 1.00. The van der Waals surface area contributed by atoms with E-state index in [1.165, 1.54) is 6.42 Å². The van der Waals surface area contributed by atoms with E-state index in [0.29, 0.717) is 12.3 Å². The van der Waals surface area contributed by atoms with E-state index in [9.17, 15) is 8.42 Å². The molecule has 0 bridgehead atoms. The molecule has 1 atom stereocenters. The molecule has 1 unspecified atom stereocenters. The van der Waals surface area contributed by atoms with Crippen LogP contribution in [-0.2, 0) is 9.84 Å². The monoisotopic (exact) mass is 218 g/mol. The minimum atomic E-state index is -2.85. The fourth-order valence-electron chi connectivity index (χ4n) is 2.50. The van der Waals surface area contributed by atoms with Gasteiger partial charge in [0.15, 0.2) is 9.84 Å². The van der Waals surface area contributed by atoms with Crippen molar-refractivity contribution in [1.82, 2.24) is 4.90 Å². The summed E-state index contributed by atoms with van der Waals surface area (Å²) in [6.07, 6.45) is 2.90. The predicted molar refractivity (Wildman–Crippen MR) is 55.9 cm³/mol. The zero-order chi connectivity index (χ0) is 10.2. The summed E-state index contributed by atoms with van der Waals surface area (Å²) >= 11 is 0. The van der Waals surface area contributed by atoms with Crippen LogP contribution in [0, 0.1) is 0 Å². The standard InChI is InChI=1S/C9H18N2O2S/c10-7-9(11-4-2-5-11)3-1-6-14(12,13)8-9/h1-8,10H2. The second-order valence-electron chi connectivity index (χ2n) is 4.46. The van der Waals surface area contributed by atoms with Crippen LogP contribution in [0.5, 0.6) is 0 Å². The van der Waals surface area contributed by atoms with E-state index in [1.54, 1.807) is 0 Å². The summed E-state index contributed by atoms with van der Waals surface area (Å²) in [4.78, 5) is 2.25. The Hall–Kier alpha value is -0.130. The van der Waals surface area contributed by atoms with Gasteiger partial charge in [0.2, 0.25) is 0 Å². The van der Waals surface area contributed by atoms with Gasteiger partial charge in [-0.25, -0.2) is 8.42 Å². The van der Waals surface area contributed by atoms with Crippen molar-refractivity contribution in [2.45, 2.75) is 24.8 Å². The van der Waals surface area contributed by atoms with Gasteiger partial charge >= 0.3 is 0 Å². The average Bonchev–Trinajstić information content (AvgIpc) is 1.99. The summed E-state index contributed by atoms with van der Waals surface area (Å²) in [5.74, 6) is 0.624. The van der Waals surface area contributed by atoms with Gasteiger partial charge in [-0.2, -0.15) is 0 Å². The third-order valence-corrected chi connectivity index (χ3v) is 5.38. The lowest BCUT2D eigenvalue weighted by Crippen LogP contribution is -2.64. The van der Waals surface area contributed by atoms with Crippen molar-refractivity contribution in [3.8, 4) is 0 Å². The summed E-state index contributed by atoms with van der Waals surface area (Å²) in [6, 6.07) is 0. The van der Waals surface area contributed by atoms with Gasteiger partial charge in [-0.05, 0) is 32.4 Å². The Morgan fingerprint density at radius 3 is 2.43 bits per heavy atom. The smallest absolute Gasteiger partial charge is 0.152 e. The number of likely N-dealkylation sites (tertiary alicyclic amines) is 1. The predicted octanol–water partition coefficient (Wildman–Crippen LogP) is -0.402. The normalized spacial score (nSPS) is 37.8. The van der Waals surface area contributed by atoms with Crippen molar-refractivity contribution in [3.63, 3.8) is 0 Å². The highest BCUT2D eigenvalue weighted by atomic mass is 32.2. The Morgan fingerprint density at radius 1 is 1.29 bits per heavy atom. The maximum Gasteiger partial charge on any atom is 0.152 e. The molecular formula is C9H18N2O2S. The molecule has 82 valence electrons. The highest BCUT2D eigenvalue weighted by molar-refractivity contribution is 7.91. The van der Waals surface area contributed by atoms with Gasteiger partial charge in [-0.15, -0.1) is 0 Å². The van der Waals surface area contributed by atoms with Crippen LogP contribution in [0.2, 0.25) is 0 Å². The quantitative estimate of drug-likeness (QED) is 0.685. The zero-order valence-electron chi connectivity index (χ0n) is 8.41. The summed E-state index contributed by atoms with van der Waals surface area (Å²) < 4.78 is 23.2. The van der Waals surface area contributed by atoms with Gasteiger partial charge in [-0.1, -0.05) is 0 Å². The van der Waals surface area contributed by atoms with E-state index < -0.39 is 9.84 Å². The molecule has 0 amide bonds. The number of hydrogen-bond donors (Lipinski definition) is 1. The molecule has 2 aliphatic rings. The molecule has 0 aromatic carbocycles. The van der Waals surface area contributed by atoms with Crippen molar-refractivity contribution >= 4 is 9.84 Å². The molecule has 0 aromatic heterocycles. The molecule has 4 nitrogen and oxygen atoms in total. The fourth-order valence-corrected chi connectivity index (χ4v) is 4.50. The Morgan fingerprint density at radius 2 is 2.00 bits per heavy atom. The van der Waals surface area contributed by atoms with Crippen molar-refractivity contribution in [1.29, 1.82) is 0 Å². The first-order valence-electron chi connectivity index (χ1n) is 5.24. The molecule has 2 N–H and O–H groups in total. The Labute approximate surface area is 85.4 Å². The Kier molecular flexibility index (Phi) is 2.57. The van der Waals surface area contributed by atoms with E-state index in [4.69, 9.17) is 5.73 Å². The molecule has 2 saturated heterocycles. The van der Waals surface area contributed by atoms with Crippen molar-refractivity contribution in [2.24, 2.45) is 5.73 Å². The first-order valence-corrected chi connectivity index (χ1v) is 7.06. The molecule has 0 aliphatic carbocycles. The number of nitrogens with zero attached hydrogens (tertiary/aromatic N) is 1. The van der Waals surface area contributed by atoms with E-state index in [1.807, 2.05) is 0 Å². The van der Waals surface area contributed by atoms with Crippen molar-refractivity contribution in [2.75, 3.05) is 31.1 Å². The van der Waals surface area contributed by atoms with Crippen LogP contribution in [0.25, 0.3) is 0 Å². The highest BCUT2D eigenvalue weighted by Gasteiger charge is 2.44. The molecule has 0 aromatic rings. The maximum atomic E-state index is 11.6. The second-order valence-corrected chi connectivity index (χ2v) is 6.65. The number of hydrogen-bond acceptors (Lipinski definition) is 4. The second kappa shape index (κ2) is 3.47. The third kappa shape index (κ3) is 1.68. The maximum absolute atomic E-state index is 11.6. The first-order chi connectivity index (χ1) is 6.58. The van der Waals surface area contributed by atoms with Crippen molar-refractivity contribution in [3.05, 3.63) is 0 Å². The largest absolute Gasteiger partial charge is 0.329 e. The first kappa shape index (κ1) is 10.4. The summed E-state index contributed by atoms with van der Waals surface area (Å²) in [6.45, 7) is 2.52. The van der Waals surface area contributed by atoms with Gasteiger partial charge in [-0.3, -0.25) is 4.90 Å². The topological polar surface area (TPSA) is 63.4 Å². The molecular weight excluding hydrogens is 200 g/mol. The average molecular weight is 218 g/mol. The molecule has 14 heavy (non-hydrogen) atoms. The van der Waals surface area contributed by atoms with Crippen LogP contribution in [0.4, 0.5) is 0 Å². The van der Waals surface area contributed by atoms with Crippen LogP contribution in [0.15, 0.2) is 0 Å². The van der Waals surface area contributed by atoms with Gasteiger partial charge in [0.05, 0.1) is 11.5 Å². The molecule has 0 spiro atoms. The van der Waals surface area contributed by atoms with Gasteiger partial charge in [0.25, 0.3) is 0 Å². The number of sulfone groups is 1. The van der Waals surface area contributed by atoms with Crippen LogP contribution in [-0.4, -0.2) is 50.0 Å². The minimum Gasteiger partial charge on any atom is -0.329 e. The van der Waals surface area contributed by atoms with E-state index >= 15 is 0 Å². The van der Waals surface area contributed by atoms with E-state index in [2.05, 4.69) is 4.90 Å². The highest BCUT2D eigenvalue weighted by Crippen LogP contribution is 2.31. The van der Waals surface area contributed by atoms with Crippen LogP contribution in [0.3, 0.4) is 0 Å². The van der Waals surface area contributed by atoms with Crippen LogP contribution < -0.4 is 5.73 Å². The molecule has 0 radical (unpaired) electrons. The zero-order valence-corrected chi connectivity index (χ0v) is 9.22. The van der Waals surface area contributed by atoms with Crippen LogP contribution in [0.1, 0.15) is 19.3 Å². The lowest BCUT2D eigenvalue weighted by molar-refractivity contribution is 0.0409. The summed E-state index contributed by atoms with van der Waals surface area (Å²) in [5, 5.41) is 0. The number of nitrogens with two attached hydrogens (primary N) is 1. The molecule has 2 rings (SSSR count). The molecule has 5 heteroatoms. The summed E-state index contributed by atoms with van der Waals surface area (Å²) in [7, 11) is -2.85. The van der Waals surface area contributed by atoms with E-state index in [0.717, 1.165) is 25.9 Å². The number of rotatable bonds is 2. The Balaban J connectivity index is 2.18. The molecule has 2 aliphatic heterocycles. The minimum absolute atomic E-state index is 0.227. The lowest BCUT2D eigenvalue weighted by Gasteiger charge is -2.50. The molecule has 2 heterocycles. The SMILES string of the molecule is NCC1(N2CCC2)CCCS(=O)(=O)C1. The van der Waals surface area contributed by atoms with E-state index in [-0.39, 0.29) is 11.3 Å². The van der Waals surface area contributed by atoms with Gasteiger partial charge in [0, 0.05) is 12.1 Å². The van der Waals surface area contributed by atoms with Gasteiger partial charge < -0.3 is 5.73 Å².